The summed E-state index contributed by atoms with van der Waals surface area (Å²) in [5.41, 5.74) is 0. The minimum absolute atomic E-state index is 0.186. The first kappa shape index (κ1) is 11.9. The Morgan fingerprint density at radius 1 is 0.923 bits per heavy atom. The number of hydrogen-bond acceptors (Lipinski definition) is 4. The summed E-state index contributed by atoms with van der Waals surface area (Å²) in [5, 5.41) is 0. The lowest BCUT2D eigenvalue weighted by atomic mass is 10.2. The van der Waals surface area contributed by atoms with E-state index in [9.17, 15) is 0 Å². The van der Waals surface area contributed by atoms with Crippen LogP contribution in [0.5, 0.6) is 0 Å². The van der Waals surface area contributed by atoms with Crippen LogP contribution in [-0.4, -0.2) is 40.5 Å². The number of hydrogen-bond donors (Lipinski definition) is 0. The molecule has 0 aliphatic heterocycles. The lowest BCUT2D eigenvalue weighted by Crippen LogP contribution is -2.36. The molecule has 1 saturated carbocycles. The molecule has 1 fully saturated rings. The molecule has 0 amide bonds. The van der Waals surface area contributed by atoms with Crippen molar-refractivity contribution in [3.05, 3.63) is 0 Å². The van der Waals surface area contributed by atoms with Crippen LogP contribution in [0.2, 0.25) is 0 Å². The van der Waals surface area contributed by atoms with Crippen LogP contribution in [0.4, 0.5) is 0 Å². The molecule has 1 aliphatic rings. The quantitative estimate of drug-likeness (QED) is 0.478. The molecule has 70 valence electrons. The van der Waals surface area contributed by atoms with Gasteiger partial charge >= 0.3 is 0 Å². The van der Waals surface area contributed by atoms with Crippen molar-refractivity contribution in [2.75, 3.05) is 0 Å². The number of rotatable bonds is 4. The van der Waals surface area contributed by atoms with Gasteiger partial charge in [0.15, 0.2) is 0 Å². The third kappa shape index (κ3) is 2.44. The maximum atomic E-state index is 5.11. The maximum absolute atomic E-state index is 5.11. The van der Waals surface area contributed by atoms with Gasteiger partial charge in [-0.25, -0.2) is 0 Å². The molecule has 4 nitrogen and oxygen atoms in total. The normalized spacial score (nSPS) is 39.5. The molecular weight excluding hydrogens is 208 g/mol. The Morgan fingerprint density at radius 3 is 2.00 bits per heavy atom. The third-order valence-corrected chi connectivity index (χ3v) is 2.85. The molecule has 4 radical (unpaired) electrons. The molecule has 0 aromatic rings. The second-order valence-corrected chi connectivity index (χ2v) is 3.33. The van der Waals surface area contributed by atoms with E-state index in [1.807, 2.05) is 0 Å². The van der Waals surface area contributed by atoms with Crippen molar-refractivity contribution < 1.29 is 18.4 Å². The lowest BCUT2D eigenvalue weighted by molar-refractivity contribution is 0.0155. The zero-order valence-corrected chi connectivity index (χ0v) is 9.27. The van der Waals surface area contributed by atoms with E-state index >= 15 is 0 Å². The second-order valence-electron chi connectivity index (χ2n) is 2.79. The molecule has 0 saturated heterocycles. The van der Waals surface area contributed by atoms with Crippen LogP contribution in [0.25, 0.3) is 0 Å². The highest BCUT2D eigenvalue weighted by Gasteiger charge is 2.43. The van der Waals surface area contributed by atoms with Gasteiger partial charge in [0.2, 0.25) is 0 Å². The zero-order chi connectivity index (χ0) is 9.84. The molecule has 1 aliphatic carbocycles. The van der Waals surface area contributed by atoms with Crippen molar-refractivity contribution in [2.45, 2.75) is 30.8 Å². The van der Waals surface area contributed by atoms with E-state index in [0.29, 0.717) is 6.42 Å². The molecule has 2 unspecified atom stereocenters. The topological polar surface area (TPSA) is 36.9 Å². The molecule has 1 rings (SSSR count). The highest BCUT2D eigenvalue weighted by atomic mass is 31.0. The van der Waals surface area contributed by atoms with Crippen LogP contribution in [0, 0.1) is 0 Å². The Kier molecular flexibility index (Phi) is 5.17. The van der Waals surface area contributed by atoms with Crippen LogP contribution in [0.15, 0.2) is 0 Å². The van der Waals surface area contributed by atoms with E-state index in [1.54, 1.807) is 0 Å². The lowest BCUT2D eigenvalue weighted by Gasteiger charge is -2.23. The fourth-order valence-electron chi connectivity index (χ4n) is 1.52. The Hall–Kier alpha value is 0.830. The van der Waals surface area contributed by atoms with Crippen LogP contribution in [-0.2, 0) is 18.4 Å². The van der Waals surface area contributed by atoms with Crippen LogP contribution >= 0.6 is 18.9 Å². The van der Waals surface area contributed by atoms with Crippen molar-refractivity contribution in [1.82, 2.24) is 0 Å². The summed E-state index contributed by atoms with van der Waals surface area (Å²) in [6, 6.07) is 0. The average molecular weight is 218 g/mol. The van der Waals surface area contributed by atoms with E-state index in [-0.39, 0.29) is 24.4 Å². The molecule has 0 N–H and O–H groups in total. The van der Waals surface area contributed by atoms with Crippen molar-refractivity contribution in [2.24, 2.45) is 0 Å². The highest BCUT2D eigenvalue weighted by molar-refractivity contribution is 7.10. The molecule has 0 bridgehead atoms. The summed E-state index contributed by atoms with van der Waals surface area (Å²) in [4.78, 5) is 0. The second kappa shape index (κ2) is 5.65. The van der Waals surface area contributed by atoms with Crippen molar-refractivity contribution in [1.29, 1.82) is 0 Å². The summed E-state index contributed by atoms with van der Waals surface area (Å²) in [6.07, 6.45) is -0.569. The van der Waals surface area contributed by atoms with Crippen LogP contribution in [0.3, 0.4) is 0 Å². The van der Waals surface area contributed by atoms with Crippen molar-refractivity contribution >= 4 is 35.0 Å². The minimum Gasteiger partial charge on any atom is -0.442 e. The van der Waals surface area contributed by atoms with E-state index in [0.717, 1.165) is 0 Å². The first-order valence-corrected chi connectivity index (χ1v) is 4.64. The van der Waals surface area contributed by atoms with Gasteiger partial charge in [-0.05, 0) is 0 Å². The fraction of sp³-hybridized carbons (Fsp3) is 1.00. The predicted octanol–water partition coefficient (Wildman–Crippen LogP) is -0.322. The Labute approximate surface area is 84.9 Å². The maximum Gasteiger partial charge on any atom is 0.283 e. The smallest absolute Gasteiger partial charge is 0.283 e. The van der Waals surface area contributed by atoms with Gasteiger partial charge in [-0.1, -0.05) is 0 Å². The summed E-state index contributed by atoms with van der Waals surface area (Å²) in [6.45, 7) is 0. The van der Waals surface area contributed by atoms with Gasteiger partial charge in [0.25, 0.3) is 16.1 Å². The standard InChI is InChI=1S/C5H10B2O4P2/c6-8-2-1-3(10-12)4(9-7)5(2)11-13/h2-5H,1,12-13H2/t2-,3+,4-,5+/m1/s1. The fourth-order valence-corrected chi connectivity index (χ4v) is 2.11. The summed E-state index contributed by atoms with van der Waals surface area (Å²) < 4.78 is 19.6. The van der Waals surface area contributed by atoms with E-state index < -0.39 is 0 Å². The van der Waals surface area contributed by atoms with Gasteiger partial charge in [0.1, 0.15) is 6.10 Å². The van der Waals surface area contributed by atoms with Gasteiger partial charge < -0.3 is 18.4 Å². The third-order valence-electron chi connectivity index (χ3n) is 2.19. The Balaban J connectivity index is 2.65. The van der Waals surface area contributed by atoms with Gasteiger partial charge in [-0.2, -0.15) is 0 Å². The average Bonchev–Trinajstić information content (AvgIpc) is 2.54. The first-order chi connectivity index (χ1) is 6.28. The molecule has 6 atom stereocenters. The summed E-state index contributed by atoms with van der Waals surface area (Å²) in [5.74, 6) is 0. The van der Waals surface area contributed by atoms with E-state index in [2.05, 4.69) is 18.9 Å². The predicted molar refractivity (Wildman–Crippen MR) is 55.0 cm³/mol. The van der Waals surface area contributed by atoms with Gasteiger partial charge in [-0.3, -0.25) is 0 Å². The molecule has 0 spiro atoms. The van der Waals surface area contributed by atoms with Crippen LogP contribution < -0.4 is 0 Å². The first-order valence-electron chi connectivity index (χ1n) is 3.70. The molecule has 0 aromatic heterocycles. The highest BCUT2D eigenvalue weighted by Crippen LogP contribution is 2.31. The van der Waals surface area contributed by atoms with Crippen molar-refractivity contribution in [3.63, 3.8) is 0 Å². The Morgan fingerprint density at radius 2 is 1.62 bits per heavy atom. The molecule has 0 aromatic carbocycles. The zero-order valence-electron chi connectivity index (χ0n) is 6.96. The van der Waals surface area contributed by atoms with Gasteiger partial charge in [0, 0.05) is 25.4 Å². The monoisotopic (exact) mass is 218 g/mol. The van der Waals surface area contributed by atoms with E-state index in [1.165, 1.54) is 0 Å². The molecule has 8 heteroatoms. The minimum atomic E-state index is -0.372. The SMILES string of the molecule is [B]O[C@H]1[C@@H](OP)[C@H](O[B])C[C@@H]1OP. The van der Waals surface area contributed by atoms with Crippen LogP contribution in [0.1, 0.15) is 6.42 Å². The largest absolute Gasteiger partial charge is 0.442 e. The Bertz CT molecular complexity index is 147. The molecule has 0 heterocycles. The van der Waals surface area contributed by atoms with Crippen molar-refractivity contribution in [3.8, 4) is 0 Å². The summed E-state index contributed by atoms with van der Waals surface area (Å²) in [7, 11) is 14.5. The summed E-state index contributed by atoms with van der Waals surface area (Å²) >= 11 is 0. The van der Waals surface area contributed by atoms with E-state index in [4.69, 9.17) is 34.5 Å². The molecule has 13 heavy (non-hydrogen) atoms. The molecular formula is C5H10B2O4P2. The van der Waals surface area contributed by atoms with Gasteiger partial charge in [-0.15, -0.1) is 0 Å². The van der Waals surface area contributed by atoms with Gasteiger partial charge in [0.05, 0.1) is 18.3 Å².